The van der Waals surface area contributed by atoms with E-state index in [0.29, 0.717) is 40.8 Å². The van der Waals surface area contributed by atoms with Crippen LogP contribution in [-0.2, 0) is 22.6 Å². The van der Waals surface area contributed by atoms with Crippen LogP contribution in [0.15, 0.2) is 66.1 Å². The molecule has 1 aliphatic heterocycles. The molecule has 1 N–H and O–H groups in total. The number of carbonyl (C=O) groups excluding carboxylic acids is 3. The maximum Gasteiger partial charge on any atom is 0.294 e. The van der Waals surface area contributed by atoms with Gasteiger partial charge >= 0.3 is 0 Å². The second-order valence-corrected chi connectivity index (χ2v) is 11.1. The van der Waals surface area contributed by atoms with Gasteiger partial charge in [0.15, 0.2) is 11.5 Å². The largest absolute Gasteiger partial charge is 0.493 e. The fraction of sp³-hybridized carbons (Fsp3) is 0.219. The molecule has 4 rings (SSSR count). The molecule has 41 heavy (non-hydrogen) atoms. The van der Waals surface area contributed by atoms with E-state index >= 15 is 0 Å². The third kappa shape index (κ3) is 7.20. The minimum atomic E-state index is -0.528. The number of anilines is 1. The van der Waals surface area contributed by atoms with E-state index in [2.05, 4.69) is 11.9 Å². The van der Waals surface area contributed by atoms with Crippen molar-refractivity contribution >= 4 is 52.2 Å². The van der Waals surface area contributed by atoms with Crippen LogP contribution in [0.3, 0.4) is 0 Å². The third-order valence-corrected chi connectivity index (χ3v) is 7.61. The molecule has 0 unspecified atom stereocenters. The Morgan fingerprint density at radius 2 is 1.76 bits per heavy atom. The molecule has 1 aliphatic rings. The van der Waals surface area contributed by atoms with Crippen molar-refractivity contribution in [1.29, 1.82) is 0 Å². The molecule has 9 heteroatoms. The smallest absolute Gasteiger partial charge is 0.294 e. The van der Waals surface area contributed by atoms with Crippen molar-refractivity contribution in [2.45, 2.75) is 33.8 Å². The van der Waals surface area contributed by atoms with Crippen LogP contribution in [0.25, 0.3) is 6.08 Å². The van der Waals surface area contributed by atoms with Crippen LogP contribution in [0.1, 0.15) is 33.4 Å². The number of rotatable bonds is 10. The number of hydrogen-bond acceptors (Lipinski definition) is 6. The summed E-state index contributed by atoms with van der Waals surface area (Å²) in [7, 11) is 1.54. The van der Waals surface area contributed by atoms with Gasteiger partial charge in [0.2, 0.25) is 5.91 Å². The highest BCUT2D eigenvalue weighted by Gasteiger charge is 2.36. The quantitative estimate of drug-likeness (QED) is 0.198. The molecule has 7 nitrogen and oxygen atoms in total. The predicted octanol–water partition coefficient (Wildman–Crippen LogP) is 7.26. The van der Waals surface area contributed by atoms with Gasteiger partial charge in [-0.2, -0.15) is 0 Å². The van der Waals surface area contributed by atoms with E-state index in [1.807, 2.05) is 51.1 Å². The average molecular weight is 591 g/mol. The normalized spacial score (nSPS) is 14.0. The fourth-order valence-electron chi connectivity index (χ4n) is 4.61. The molecule has 0 bridgehead atoms. The van der Waals surface area contributed by atoms with Gasteiger partial charge in [-0.25, -0.2) is 0 Å². The van der Waals surface area contributed by atoms with Crippen molar-refractivity contribution in [3.8, 4) is 11.5 Å². The molecule has 1 saturated heterocycles. The summed E-state index contributed by atoms with van der Waals surface area (Å²) in [5.41, 5.74) is 5.99. The number of benzene rings is 3. The highest BCUT2D eigenvalue weighted by atomic mass is 35.5. The van der Waals surface area contributed by atoms with Gasteiger partial charge in [-0.3, -0.25) is 19.3 Å². The van der Waals surface area contributed by atoms with E-state index in [-0.39, 0.29) is 11.4 Å². The van der Waals surface area contributed by atoms with Crippen LogP contribution in [0.2, 0.25) is 5.02 Å². The Bertz CT molecular complexity index is 1530. The minimum absolute atomic E-state index is 0.215. The Kier molecular flexibility index (Phi) is 9.57. The number of hydrogen-bond donors (Lipinski definition) is 1. The van der Waals surface area contributed by atoms with Gasteiger partial charge in [-0.15, -0.1) is 6.58 Å². The Hall–Kier alpha value is -4.01. The van der Waals surface area contributed by atoms with Crippen molar-refractivity contribution in [3.63, 3.8) is 0 Å². The van der Waals surface area contributed by atoms with Gasteiger partial charge in [-0.05, 0) is 91.5 Å². The van der Waals surface area contributed by atoms with Crippen LogP contribution in [-0.4, -0.2) is 35.6 Å². The van der Waals surface area contributed by atoms with Crippen molar-refractivity contribution < 1.29 is 23.9 Å². The summed E-state index contributed by atoms with van der Waals surface area (Å²) in [6.07, 6.45) is 3.86. The molecular formula is C32H31ClN2O5S. The first-order chi connectivity index (χ1) is 19.6. The number of allylic oxidation sites excluding steroid dienone is 1. The molecule has 0 saturated carbocycles. The lowest BCUT2D eigenvalue weighted by Crippen LogP contribution is -2.36. The summed E-state index contributed by atoms with van der Waals surface area (Å²) in [5, 5.41) is 2.99. The molecule has 1 fully saturated rings. The lowest BCUT2D eigenvalue weighted by Gasteiger charge is -2.16. The van der Waals surface area contributed by atoms with Gasteiger partial charge in [0.05, 0.1) is 12.0 Å². The van der Waals surface area contributed by atoms with E-state index in [9.17, 15) is 14.4 Å². The Morgan fingerprint density at radius 1 is 1.07 bits per heavy atom. The second kappa shape index (κ2) is 13.1. The summed E-state index contributed by atoms with van der Waals surface area (Å²) >= 11 is 6.78. The lowest BCUT2D eigenvalue weighted by atomic mass is 10.0. The molecule has 3 aromatic rings. The standard InChI is InChI=1S/C32H31ClN2O5S/c1-6-7-24-14-23(15-26(39-5)30(24)40-18-22-8-10-25(33)11-9-22)16-27-31(37)35(32(38)41-27)17-28(36)34-29-20(3)12-19(2)13-21(29)4/h6,8-16H,1,7,17-18H2,2-5H3,(H,34,36)/b27-16-. The Balaban J connectivity index is 1.53. The van der Waals surface area contributed by atoms with E-state index in [1.54, 1.807) is 30.4 Å². The molecule has 0 spiro atoms. The van der Waals surface area contributed by atoms with Crippen molar-refractivity contribution in [3.05, 3.63) is 104 Å². The van der Waals surface area contributed by atoms with Gasteiger partial charge in [0.1, 0.15) is 13.2 Å². The first-order valence-electron chi connectivity index (χ1n) is 12.9. The van der Waals surface area contributed by atoms with Crippen molar-refractivity contribution in [2.24, 2.45) is 0 Å². The maximum absolute atomic E-state index is 13.2. The molecule has 212 valence electrons. The summed E-state index contributed by atoms with van der Waals surface area (Å²) < 4.78 is 11.7. The number of nitrogens with one attached hydrogen (secondary N) is 1. The molecule has 0 aromatic heterocycles. The summed E-state index contributed by atoms with van der Waals surface area (Å²) in [6.45, 7) is 9.56. The first kappa shape index (κ1) is 30.0. The number of halogens is 1. The number of imide groups is 1. The number of nitrogens with zero attached hydrogens (tertiary/aromatic N) is 1. The second-order valence-electron chi connectivity index (χ2n) is 9.71. The summed E-state index contributed by atoms with van der Waals surface area (Å²) in [6, 6.07) is 14.9. The molecule has 0 radical (unpaired) electrons. The predicted molar refractivity (Wildman–Crippen MR) is 165 cm³/mol. The topological polar surface area (TPSA) is 84.9 Å². The highest BCUT2D eigenvalue weighted by molar-refractivity contribution is 8.18. The Morgan fingerprint density at radius 3 is 2.39 bits per heavy atom. The van der Waals surface area contributed by atoms with Gasteiger partial charge < -0.3 is 14.8 Å². The molecule has 0 atom stereocenters. The van der Waals surface area contributed by atoms with Crippen molar-refractivity contribution in [1.82, 2.24) is 4.90 Å². The minimum Gasteiger partial charge on any atom is -0.493 e. The average Bonchev–Trinajstić information content (AvgIpc) is 3.18. The number of amides is 3. The summed E-state index contributed by atoms with van der Waals surface area (Å²) in [5.74, 6) is 0.0681. The van der Waals surface area contributed by atoms with E-state index in [0.717, 1.165) is 44.5 Å². The van der Waals surface area contributed by atoms with Crippen LogP contribution < -0.4 is 14.8 Å². The van der Waals surface area contributed by atoms with E-state index < -0.39 is 17.1 Å². The van der Waals surface area contributed by atoms with E-state index in [4.69, 9.17) is 21.1 Å². The van der Waals surface area contributed by atoms with Crippen LogP contribution >= 0.6 is 23.4 Å². The first-order valence-corrected chi connectivity index (χ1v) is 14.1. The molecule has 0 aliphatic carbocycles. The zero-order chi connectivity index (χ0) is 29.7. The zero-order valence-electron chi connectivity index (χ0n) is 23.4. The fourth-order valence-corrected chi connectivity index (χ4v) is 5.58. The number of aryl methyl sites for hydroxylation is 3. The van der Waals surface area contributed by atoms with Gasteiger partial charge in [0.25, 0.3) is 11.1 Å². The van der Waals surface area contributed by atoms with Crippen LogP contribution in [0.5, 0.6) is 11.5 Å². The van der Waals surface area contributed by atoms with E-state index in [1.165, 1.54) is 7.11 Å². The number of ether oxygens (including phenoxy) is 2. The SMILES string of the molecule is C=CCc1cc(/C=C2\SC(=O)N(CC(=O)Nc3c(C)cc(C)cc3C)C2=O)cc(OC)c1OCc1ccc(Cl)cc1. The Labute approximate surface area is 249 Å². The molecular weight excluding hydrogens is 560 g/mol. The third-order valence-electron chi connectivity index (χ3n) is 6.45. The number of carbonyl (C=O) groups is 3. The van der Waals surface area contributed by atoms with Gasteiger partial charge in [0, 0.05) is 16.3 Å². The van der Waals surface area contributed by atoms with Crippen molar-refractivity contribution in [2.75, 3.05) is 19.0 Å². The number of methoxy groups -OCH3 is 1. The monoisotopic (exact) mass is 590 g/mol. The molecule has 3 amide bonds. The van der Waals surface area contributed by atoms with Crippen LogP contribution in [0, 0.1) is 20.8 Å². The molecule has 3 aromatic carbocycles. The van der Waals surface area contributed by atoms with Crippen LogP contribution in [0.4, 0.5) is 10.5 Å². The summed E-state index contributed by atoms with van der Waals surface area (Å²) in [4.78, 5) is 39.8. The zero-order valence-corrected chi connectivity index (χ0v) is 24.9. The maximum atomic E-state index is 13.2. The highest BCUT2D eigenvalue weighted by Crippen LogP contribution is 2.37. The lowest BCUT2D eigenvalue weighted by molar-refractivity contribution is -0.127. The molecule has 1 heterocycles. The van der Waals surface area contributed by atoms with Gasteiger partial charge in [-0.1, -0.05) is 47.5 Å². The number of thioether (sulfide) groups is 1.